The normalized spacial score (nSPS) is 18.0. The van der Waals surface area contributed by atoms with Crippen molar-refractivity contribution in [2.75, 3.05) is 48.2 Å². The van der Waals surface area contributed by atoms with Gasteiger partial charge in [-0.25, -0.2) is 5.01 Å². The Balaban J connectivity index is 1.59. The van der Waals surface area contributed by atoms with Gasteiger partial charge in [-0.2, -0.15) is 0 Å². The highest BCUT2D eigenvalue weighted by atomic mass is 35.5. The van der Waals surface area contributed by atoms with Gasteiger partial charge in [0.05, 0.1) is 26.0 Å². The number of nitrogens with zero attached hydrogens (tertiary/aromatic N) is 4. The van der Waals surface area contributed by atoms with Crippen LogP contribution < -0.4 is 19.5 Å². The van der Waals surface area contributed by atoms with Crippen LogP contribution in [-0.2, 0) is 9.53 Å². The van der Waals surface area contributed by atoms with Crippen molar-refractivity contribution in [1.29, 1.82) is 0 Å². The monoisotopic (exact) mass is 490 g/mol. The van der Waals surface area contributed by atoms with E-state index in [1.54, 1.807) is 7.11 Å². The standard InChI is InChI=1S/C27H27ClN4O3/c1-19(33)26-29-32(23-12-8-21(28)9-13-23)27(31(26)24-4-3-5-25(18-24)34-2)20-6-10-22(11-7-20)30-14-16-35-17-15-30/h3-13,18,27H,14-17H2,1-2H3/t27-/m1/s1. The average molecular weight is 491 g/mol. The Morgan fingerprint density at radius 1 is 0.971 bits per heavy atom. The zero-order valence-corrected chi connectivity index (χ0v) is 20.5. The van der Waals surface area contributed by atoms with Gasteiger partial charge < -0.3 is 14.4 Å². The van der Waals surface area contributed by atoms with Gasteiger partial charge >= 0.3 is 0 Å². The van der Waals surface area contributed by atoms with Gasteiger partial charge in [0.15, 0.2) is 17.8 Å². The minimum absolute atomic E-state index is 0.126. The fraction of sp³-hybridized carbons (Fsp3) is 0.259. The van der Waals surface area contributed by atoms with Crippen LogP contribution in [0.15, 0.2) is 77.9 Å². The number of hydrogen-bond acceptors (Lipinski definition) is 7. The van der Waals surface area contributed by atoms with Gasteiger partial charge in [0.2, 0.25) is 0 Å². The van der Waals surface area contributed by atoms with E-state index >= 15 is 0 Å². The first-order valence-corrected chi connectivity index (χ1v) is 11.9. The van der Waals surface area contributed by atoms with E-state index in [0.29, 0.717) is 16.6 Å². The molecule has 7 nitrogen and oxygen atoms in total. The molecule has 2 aliphatic rings. The summed E-state index contributed by atoms with van der Waals surface area (Å²) in [5.41, 5.74) is 3.80. The quantitative estimate of drug-likeness (QED) is 0.478. The second-order valence-corrected chi connectivity index (χ2v) is 8.87. The van der Waals surface area contributed by atoms with E-state index in [2.05, 4.69) is 29.2 Å². The van der Waals surface area contributed by atoms with E-state index in [9.17, 15) is 4.79 Å². The third-order valence-electron chi connectivity index (χ3n) is 6.21. The van der Waals surface area contributed by atoms with Gasteiger partial charge in [-0.3, -0.25) is 9.69 Å². The molecule has 1 atom stereocenters. The lowest BCUT2D eigenvalue weighted by atomic mass is 10.1. The Hall–Kier alpha value is -3.55. The van der Waals surface area contributed by atoms with Crippen LogP contribution >= 0.6 is 11.6 Å². The molecule has 3 aromatic rings. The number of rotatable bonds is 6. The highest BCUT2D eigenvalue weighted by Crippen LogP contribution is 2.40. The molecule has 0 unspecified atom stereocenters. The molecule has 2 heterocycles. The van der Waals surface area contributed by atoms with Crippen LogP contribution in [0.25, 0.3) is 0 Å². The highest BCUT2D eigenvalue weighted by Gasteiger charge is 2.39. The minimum atomic E-state index is -0.374. The number of Topliss-reactive ketones (excluding diaryl/α,β-unsaturated/α-hetero) is 1. The van der Waals surface area contributed by atoms with Crippen LogP contribution in [0.2, 0.25) is 5.02 Å². The molecule has 8 heteroatoms. The first-order chi connectivity index (χ1) is 17.0. The predicted molar refractivity (Wildman–Crippen MR) is 140 cm³/mol. The average Bonchev–Trinajstić information content (AvgIpc) is 3.31. The molecular weight excluding hydrogens is 464 g/mol. The fourth-order valence-electron chi connectivity index (χ4n) is 4.46. The Morgan fingerprint density at radius 3 is 2.31 bits per heavy atom. The number of ether oxygens (including phenoxy) is 2. The molecule has 1 saturated heterocycles. The molecule has 0 saturated carbocycles. The molecular formula is C27H27ClN4O3. The van der Waals surface area contributed by atoms with E-state index in [-0.39, 0.29) is 11.9 Å². The molecule has 3 aromatic carbocycles. The van der Waals surface area contributed by atoms with Crippen molar-refractivity contribution in [3.63, 3.8) is 0 Å². The SMILES string of the molecule is COc1cccc(N2C(C(C)=O)=NN(c3ccc(Cl)cc3)[C@@H]2c2ccc(N3CCOCC3)cc2)c1. The summed E-state index contributed by atoms with van der Waals surface area (Å²) in [6.07, 6.45) is -0.374. The summed E-state index contributed by atoms with van der Waals surface area (Å²) in [6.45, 7) is 4.73. The molecule has 2 aliphatic heterocycles. The van der Waals surface area contributed by atoms with Crippen molar-refractivity contribution in [2.45, 2.75) is 13.1 Å². The van der Waals surface area contributed by atoms with Crippen molar-refractivity contribution in [3.8, 4) is 5.75 Å². The lowest BCUT2D eigenvalue weighted by Gasteiger charge is -2.33. The van der Waals surface area contributed by atoms with Crippen LogP contribution in [0.1, 0.15) is 18.7 Å². The van der Waals surface area contributed by atoms with E-state index in [1.807, 2.05) is 58.4 Å². The highest BCUT2D eigenvalue weighted by molar-refractivity contribution is 6.44. The molecule has 0 radical (unpaired) electrons. The van der Waals surface area contributed by atoms with E-state index in [1.165, 1.54) is 6.92 Å². The van der Waals surface area contributed by atoms with E-state index in [4.69, 9.17) is 26.2 Å². The Morgan fingerprint density at radius 2 is 1.66 bits per heavy atom. The van der Waals surface area contributed by atoms with Crippen molar-refractivity contribution in [1.82, 2.24) is 0 Å². The number of carbonyl (C=O) groups is 1. The van der Waals surface area contributed by atoms with Crippen LogP contribution in [0.5, 0.6) is 5.75 Å². The number of benzene rings is 3. The molecule has 1 fully saturated rings. The summed E-state index contributed by atoms with van der Waals surface area (Å²) < 4.78 is 11.0. The van der Waals surface area contributed by atoms with Gasteiger partial charge in [-0.05, 0) is 54.1 Å². The molecule has 0 spiro atoms. The first kappa shape index (κ1) is 23.2. The Bertz CT molecular complexity index is 1220. The molecule has 0 N–H and O–H groups in total. The molecule has 0 bridgehead atoms. The maximum Gasteiger partial charge on any atom is 0.198 e. The van der Waals surface area contributed by atoms with Crippen LogP contribution in [-0.4, -0.2) is 45.0 Å². The van der Waals surface area contributed by atoms with Crippen molar-refractivity contribution in [3.05, 3.63) is 83.4 Å². The van der Waals surface area contributed by atoms with Crippen LogP contribution in [0, 0.1) is 0 Å². The summed E-state index contributed by atoms with van der Waals surface area (Å²) in [6, 6.07) is 23.6. The zero-order valence-electron chi connectivity index (χ0n) is 19.7. The zero-order chi connectivity index (χ0) is 24.4. The van der Waals surface area contributed by atoms with E-state index < -0.39 is 0 Å². The number of carbonyl (C=O) groups excluding carboxylic acids is 1. The predicted octanol–water partition coefficient (Wildman–Crippen LogP) is 5.11. The number of anilines is 3. The summed E-state index contributed by atoms with van der Waals surface area (Å²) in [5.74, 6) is 0.937. The largest absolute Gasteiger partial charge is 0.497 e. The summed E-state index contributed by atoms with van der Waals surface area (Å²) in [4.78, 5) is 17.1. The van der Waals surface area contributed by atoms with Gasteiger partial charge in [-0.1, -0.05) is 29.8 Å². The maximum atomic E-state index is 12.8. The number of ketones is 1. The summed E-state index contributed by atoms with van der Waals surface area (Å²) in [7, 11) is 1.63. The minimum Gasteiger partial charge on any atom is -0.497 e. The van der Waals surface area contributed by atoms with Crippen molar-refractivity contribution in [2.24, 2.45) is 5.10 Å². The van der Waals surface area contributed by atoms with Gasteiger partial charge in [0, 0.05) is 42.5 Å². The lowest BCUT2D eigenvalue weighted by Crippen LogP contribution is -2.38. The van der Waals surface area contributed by atoms with E-state index in [0.717, 1.165) is 48.9 Å². The third kappa shape index (κ3) is 4.70. The Kier molecular flexibility index (Phi) is 6.61. The van der Waals surface area contributed by atoms with Gasteiger partial charge in [0.25, 0.3) is 0 Å². The molecule has 0 aromatic heterocycles. The smallest absolute Gasteiger partial charge is 0.198 e. The molecule has 5 rings (SSSR count). The second-order valence-electron chi connectivity index (χ2n) is 8.44. The number of morpholine rings is 1. The number of hydrazone groups is 1. The lowest BCUT2D eigenvalue weighted by molar-refractivity contribution is -0.111. The Labute approximate surface area is 210 Å². The number of halogens is 1. The molecule has 0 aliphatic carbocycles. The number of methoxy groups -OCH3 is 1. The van der Waals surface area contributed by atoms with Crippen LogP contribution in [0.4, 0.5) is 17.1 Å². The van der Waals surface area contributed by atoms with Crippen LogP contribution in [0.3, 0.4) is 0 Å². The first-order valence-electron chi connectivity index (χ1n) is 11.6. The molecule has 0 amide bonds. The number of amidine groups is 1. The maximum absolute atomic E-state index is 12.8. The topological polar surface area (TPSA) is 57.6 Å². The summed E-state index contributed by atoms with van der Waals surface area (Å²) in [5, 5.41) is 7.30. The third-order valence-corrected chi connectivity index (χ3v) is 6.46. The van der Waals surface area contributed by atoms with Gasteiger partial charge in [0.1, 0.15) is 5.75 Å². The van der Waals surface area contributed by atoms with Gasteiger partial charge in [-0.15, -0.1) is 5.10 Å². The summed E-state index contributed by atoms with van der Waals surface area (Å²) >= 11 is 6.15. The van der Waals surface area contributed by atoms with Crippen molar-refractivity contribution < 1.29 is 14.3 Å². The van der Waals surface area contributed by atoms with Crippen molar-refractivity contribution >= 4 is 40.3 Å². The molecule has 35 heavy (non-hydrogen) atoms. The second kappa shape index (κ2) is 9.98. The number of hydrogen-bond donors (Lipinski definition) is 0. The fourth-order valence-corrected chi connectivity index (χ4v) is 4.58. The molecule has 180 valence electrons.